The molecule has 1 saturated heterocycles. The summed E-state index contributed by atoms with van der Waals surface area (Å²) in [6.45, 7) is 4.09. The number of esters is 1. The normalized spacial score (nSPS) is 22.4. The van der Waals surface area contributed by atoms with Crippen LogP contribution in [0.25, 0.3) is 5.69 Å². The lowest BCUT2D eigenvalue weighted by Crippen LogP contribution is -2.48. The first-order chi connectivity index (χ1) is 18.0. The van der Waals surface area contributed by atoms with Gasteiger partial charge in [-0.1, -0.05) is 0 Å². The van der Waals surface area contributed by atoms with Crippen LogP contribution in [-0.2, 0) is 20.7 Å². The third-order valence-corrected chi connectivity index (χ3v) is 7.24. The van der Waals surface area contributed by atoms with Crippen LogP contribution >= 0.6 is 11.6 Å². The molecule has 1 aliphatic carbocycles. The number of piperidine rings is 1. The van der Waals surface area contributed by atoms with E-state index in [0.717, 1.165) is 0 Å². The van der Waals surface area contributed by atoms with Crippen LogP contribution in [-0.4, -0.2) is 96.0 Å². The maximum Gasteiger partial charge on any atom is 0.359 e. The van der Waals surface area contributed by atoms with E-state index in [1.807, 2.05) is 9.91 Å². The molecule has 1 saturated carbocycles. The van der Waals surface area contributed by atoms with Crippen molar-refractivity contribution in [1.29, 1.82) is 0 Å². The number of amides is 2. The summed E-state index contributed by atoms with van der Waals surface area (Å²) in [5.41, 5.74) is 4.71. The molecule has 1 N–H and O–H groups in total. The van der Waals surface area contributed by atoms with Crippen molar-refractivity contribution >= 4 is 29.4 Å². The zero-order chi connectivity index (χ0) is 26.1. The van der Waals surface area contributed by atoms with E-state index in [1.54, 1.807) is 43.0 Å². The molecule has 1 aromatic carbocycles. The van der Waals surface area contributed by atoms with E-state index < -0.39 is 5.97 Å². The molecule has 2 fully saturated rings. The third kappa shape index (κ3) is 4.90. The number of nitrogens with zero attached hydrogens (tertiary/aromatic N) is 4. The number of hydrogen-bond donors (Lipinski definition) is 1. The van der Waals surface area contributed by atoms with Gasteiger partial charge in [0.2, 0.25) is 0 Å². The number of carbonyl (C=O) groups is 3. The minimum atomic E-state index is -0.531. The number of nitrogens with one attached hydrogen (secondary N) is 1. The molecule has 2 aromatic rings. The summed E-state index contributed by atoms with van der Waals surface area (Å²) in [6.07, 6.45) is 0.514. The minimum Gasteiger partial charge on any atom is -0.497 e. The molecular weight excluding hydrogens is 502 g/mol. The average Bonchev–Trinajstić information content (AvgIpc) is 3.21. The highest BCUT2D eigenvalue weighted by Gasteiger charge is 2.60. The van der Waals surface area contributed by atoms with E-state index >= 15 is 0 Å². The summed E-state index contributed by atoms with van der Waals surface area (Å²) >= 11 is 5.57. The van der Waals surface area contributed by atoms with E-state index in [4.69, 9.17) is 25.8 Å². The van der Waals surface area contributed by atoms with Crippen LogP contribution in [0.5, 0.6) is 5.75 Å². The van der Waals surface area contributed by atoms with Gasteiger partial charge >= 0.3 is 5.97 Å². The molecule has 0 spiro atoms. The Morgan fingerprint density at radius 2 is 1.92 bits per heavy atom. The number of halogens is 1. The number of rotatable bonds is 10. The molecule has 5 rings (SSSR count). The zero-order valence-electron chi connectivity index (χ0n) is 20.8. The Balaban J connectivity index is 1.32. The van der Waals surface area contributed by atoms with Crippen molar-refractivity contribution in [3.05, 3.63) is 41.2 Å². The summed E-state index contributed by atoms with van der Waals surface area (Å²) in [6, 6.07) is 7.26. The number of benzene rings is 1. The maximum absolute atomic E-state index is 13.8. The topological polar surface area (TPSA) is 115 Å². The molecular formula is C25H30ClN5O6. The van der Waals surface area contributed by atoms with Gasteiger partial charge < -0.3 is 19.1 Å². The third-order valence-electron chi connectivity index (χ3n) is 7.08. The van der Waals surface area contributed by atoms with E-state index in [0.29, 0.717) is 61.2 Å². The predicted molar refractivity (Wildman–Crippen MR) is 133 cm³/mol. The van der Waals surface area contributed by atoms with Gasteiger partial charge in [0, 0.05) is 49.0 Å². The van der Waals surface area contributed by atoms with Crippen LogP contribution in [0.4, 0.5) is 0 Å². The number of aromatic nitrogens is 2. The Kier molecular flexibility index (Phi) is 7.36. The Hall–Kier alpha value is -3.15. The number of methoxy groups -OCH3 is 1. The standard InChI is InChI=1S/C25H30ClN5O6/c1-3-37-25(34)21-17-8-10-30(22-18-12-29(13-19(18)22)27-20(32)14-36-11-9-26)24(33)23(17)31(28-21)15-4-6-16(35-2)7-5-15/h4-7,18-19,22H,3,8-14H2,1-2H3,(H,27,32). The monoisotopic (exact) mass is 531 g/mol. The first-order valence-electron chi connectivity index (χ1n) is 12.4. The molecule has 1 aromatic heterocycles. The molecule has 0 radical (unpaired) electrons. The molecule has 12 heteroatoms. The lowest BCUT2D eigenvalue weighted by Gasteiger charge is -2.31. The fourth-order valence-electron chi connectivity index (χ4n) is 5.41. The predicted octanol–water partition coefficient (Wildman–Crippen LogP) is 1.27. The quantitative estimate of drug-likeness (QED) is 0.277. The molecule has 3 heterocycles. The van der Waals surface area contributed by atoms with Gasteiger partial charge in [0.15, 0.2) is 5.69 Å². The van der Waals surface area contributed by atoms with Crippen molar-refractivity contribution < 1.29 is 28.6 Å². The summed E-state index contributed by atoms with van der Waals surface area (Å²) in [7, 11) is 1.58. The molecule has 198 valence electrons. The highest BCUT2D eigenvalue weighted by atomic mass is 35.5. The van der Waals surface area contributed by atoms with Crippen LogP contribution in [0.2, 0.25) is 0 Å². The van der Waals surface area contributed by atoms with Crippen molar-refractivity contribution in [2.45, 2.75) is 19.4 Å². The number of carbonyl (C=O) groups excluding carboxylic acids is 3. The number of hydrogen-bond acceptors (Lipinski definition) is 8. The second kappa shape index (κ2) is 10.7. The Morgan fingerprint density at radius 1 is 1.19 bits per heavy atom. The SMILES string of the molecule is CCOC(=O)c1nn(-c2ccc(OC)cc2)c2c1CCN(C1C3CN(NC(=O)COCCCl)CC31)C2=O. The molecule has 2 amide bonds. The van der Waals surface area contributed by atoms with Gasteiger partial charge in [0.1, 0.15) is 18.1 Å². The Morgan fingerprint density at radius 3 is 2.57 bits per heavy atom. The maximum atomic E-state index is 13.8. The number of alkyl halides is 1. The van der Waals surface area contributed by atoms with Gasteiger partial charge in [0.25, 0.3) is 11.8 Å². The second-order valence-corrected chi connectivity index (χ2v) is 9.63. The first kappa shape index (κ1) is 25.5. The van der Waals surface area contributed by atoms with Gasteiger partial charge in [0.05, 0.1) is 26.0 Å². The van der Waals surface area contributed by atoms with Gasteiger partial charge in [-0.15, -0.1) is 11.6 Å². The first-order valence-corrected chi connectivity index (χ1v) is 12.9. The summed E-state index contributed by atoms with van der Waals surface area (Å²) in [4.78, 5) is 40.4. The molecule has 2 unspecified atom stereocenters. The van der Waals surface area contributed by atoms with Crippen LogP contribution in [0.3, 0.4) is 0 Å². The van der Waals surface area contributed by atoms with Crippen LogP contribution in [0.1, 0.15) is 33.5 Å². The number of ether oxygens (including phenoxy) is 3. The summed E-state index contributed by atoms with van der Waals surface area (Å²) in [5, 5.41) is 6.41. The second-order valence-electron chi connectivity index (χ2n) is 9.25. The average molecular weight is 532 g/mol. The van der Waals surface area contributed by atoms with Crippen LogP contribution in [0.15, 0.2) is 24.3 Å². The largest absolute Gasteiger partial charge is 0.497 e. The fraction of sp³-hybridized carbons (Fsp3) is 0.520. The van der Waals surface area contributed by atoms with Gasteiger partial charge in [-0.25, -0.2) is 14.5 Å². The zero-order valence-corrected chi connectivity index (χ0v) is 21.6. The highest BCUT2D eigenvalue weighted by Crippen LogP contribution is 2.49. The molecule has 2 aliphatic heterocycles. The van der Waals surface area contributed by atoms with E-state index in [-0.39, 0.29) is 48.6 Å². The van der Waals surface area contributed by atoms with Gasteiger partial charge in [-0.05, 0) is 37.6 Å². The molecule has 0 bridgehead atoms. The van der Waals surface area contributed by atoms with Crippen molar-refractivity contribution in [3.63, 3.8) is 0 Å². The molecule has 37 heavy (non-hydrogen) atoms. The number of hydrazine groups is 1. The molecule has 11 nitrogen and oxygen atoms in total. The van der Waals surface area contributed by atoms with Crippen LogP contribution in [0, 0.1) is 11.8 Å². The lowest BCUT2D eigenvalue weighted by atomic mass is 10.0. The summed E-state index contributed by atoms with van der Waals surface area (Å²) in [5.74, 6) is 0.676. The van der Waals surface area contributed by atoms with E-state index in [2.05, 4.69) is 10.5 Å². The van der Waals surface area contributed by atoms with Crippen molar-refractivity contribution in [3.8, 4) is 11.4 Å². The van der Waals surface area contributed by atoms with Crippen molar-refractivity contribution in [1.82, 2.24) is 25.1 Å². The smallest absolute Gasteiger partial charge is 0.359 e. The van der Waals surface area contributed by atoms with E-state index in [1.165, 1.54) is 0 Å². The van der Waals surface area contributed by atoms with Crippen molar-refractivity contribution in [2.75, 3.05) is 52.4 Å². The number of fused-ring (bicyclic) bond motifs is 2. The Labute approximate surface area is 219 Å². The minimum absolute atomic E-state index is 0.0342. The highest BCUT2D eigenvalue weighted by molar-refractivity contribution is 6.18. The Bertz CT molecular complexity index is 1170. The van der Waals surface area contributed by atoms with Crippen LogP contribution < -0.4 is 10.2 Å². The lowest BCUT2D eigenvalue weighted by molar-refractivity contribution is -0.130. The summed E-state index contributed by atoms with van der Waals surface area (Å²) < 4.78 is 17.2. The van der Waals surface area contributed by atoms with E-state index in [9.17, 15) is 14.4 Å². The van der Waals surface area contributed by atoms with Gasteiger partial charge in [-0.2, -0.15) is 5.10 Å². The molecule has 3 aliphatic rings. The molecule has 2 atom stereocenters. The fourth-order valence-corrected chi connectivity index (χ4v) is 5.52. The van der Waals surface area contributed by atoms with Crippen molar-refractivity contribution in [2.24, 2.45) is 11.8 Å². The van der Waals surface area contributed by atoms with Gasteiger partial charge in [-0.3, -0.25) is 15.0 Å².